The van der Waals surface area contributed by atoms with Crippen LogP contribution in [0.2, 0.25) is 0 Å². The molecule has 0 aliphatic carbocycles. The van der Waals surface area contributed by atoms with Crippen LogP contribution in [-0.4, -0.2) is 25.0 Å². The molecule has 5 nitrogen and oxygen atoms in total. The average molecular weight is 269 g/mol. The number of benzene rings is 1. The van der Waals surface area contributed by atoms with E-state index < -0.39 is 0 Å². The predicted molar refractivity (Wildman–Crippen MR) is 77.3 cm³/mol. The molecule has 3 rings (SSSR count). The maximum atomic E-state index is 5.68. The maximum Gasteiger partial charge on any atom is 0.156 e. The molecule has 0 amide bonds. The molecule has 0 saturated carbocycles. The van der Waals surface area contributed by atoms with Crippen LogP contribution in [0.3, 0.4) is 0 Å². The lowest BCUT2D eigenvalue weighted by atomic mass is 10.2. The highest BCUT2D eigenvalue weighted by Gasteiger charge is 2.09. The van der Waals surface area contributed by atoms with E-state index in [0.717, 1.165) is 22.3 Å². The number of aromatic nitrogens is 4. The summed E-state index contributed by atoms with van der Waals surface area (Å²) in [5.74, 6) is 0.663. The summed E-state index contributed by atoms with van der Waals surface area (Å²) in [7, 11) is 0. The Morgan fingerprint density at radius 3 is 2.84 bits per heavy atom. The number of pyridine rings is 1. The molecule has 0 saturated heterocycles. The van der Waals surface area contributed by atoms with E-state index in [1.807, 2.05) is 43.3 Å². The zero-order valence-electron chi connectivity index (χ0n) is 10.2. The summed E-state index contributed by atoms with van der Waals surface area (Å²) < 4.78 is 1.68. The Hall–Kier alpha value is -2.34. The van der Waals surface area contributed by atoms with Crippen molar-refractivity contribution < 1.29 is 0 Å². The molecule has 0 aliphatic rings. The van der Waals surface area contributed by atoms with Gasteiger partial charge >= 0.3 is 0 Å². The fourth-order valence-corrected chi connectivity index (χ4v) is 2.06. The van der Waals surface area contributed by atoms with Gasteiger partial charge < -0.3 is 5.73 Å². The van der Waals surface area contributed by atoms with Gasteiger partial charge in [-0.1, -0.05) is 29.6 Å². The zero-order valence-corrected chi connectivity index (χ0v) is 11.1. The number of nitrogens with zero attached hydrogens (tertiary/aromatic N) is 4. The fraction of sp³-hybridized carbons (Fsp3) is 0.0769. The van der Waals surface area contributed by atoms with Crippen molar-refractivity contribution in [2.24, 2.45) is 5.73 Å². The lowest BCUT2D eigenvalue weighted by Gasteiger charge is -2.06. The van der Waals surface area contributed by atoms with E-state index in [1.165, 1.54) is 0 Å². The van der Waals surface area contributed by atoms with E-state index in [-0.39, 0.29) is 0 Å². The van der Waals surface area contributed by atoms with Crippen LogP contribution in [0.5, 0.6) is 0 Å². The molecule has 1 aromatic carbocycles. The summed E-state index contributed by atoms with van der Waals surface area (Å²) in [4.78, 5) is 4.80. The van der Waals surface area contributed by atoms with Crippen molar-refractivity contribution in [1.29, 1.82) is 0 Å². The number of rotatable bonds is 2. The second kappa shape index (κ2) is 4.40. The number of nitrogens with two attached hydrogens (primary N) is 1. The molecule has 2 N–H and O–H groups in total. The van der Waals surface area contributed by atoms with Gasteiger partial charge in [-0.25, -0.2) is 4.98 Å². The van der Waals surface area contributed by atoms with Crippen molar-refractivity contribution in [3.05, 3.63) is 47.7 Å². The second-order valence-electron chi connectivity index (χ2n) is 4.21. The third-order valence-electron chi connectivity index (χ3n) is 2.79. The van der Waals surface area contributed by atoms with Gasteiger partial charge in [-0.05, 0) is 31.2 Å². The third kappa shape index (κ3) is 2.06. The van der Waals surface area contributed by atoms with E-state index in [4.69, 9.17) is 18.0 Å². The van der Waals surface area contributed by atoms with Gasteiger partial charge in [-0.15, -0.1) is 5.10 Å². The monoisotopic (exact) mass is 269 g/mol. The first-order valence-electron chi connectivity index (χ1n) is 5.74. The van der Waals surface area contributed by atoms with E-state index in [0.29, 0.717) is 10.8 Å². The molecule has 0 aliphatic heterocycles. The first-order chi connectivity index (χ1) is 9.15. The van der Waals surface area contributed by atoms with Crippen LogP contribution in [-0.2, 0) is 0 Å². The van der Waals surface area contributed by atoms with E-state index in [1.54, 1.807) is 4.68 Å². The highest BCUT2D eigenvalue weighted by atomic mass is 32.1. The highest BCUT2D eigenvalue weighted by Crippen LogP contribution is 2.16. The second-order valence-corrected chi connectivity index (χ2v) is 4.65. The average Bonchev–Trinajstić information content (AvgIpc) is 2.81. The number of hydrogen-bond donors (Lipinski definition) is 1. The van der Waals surface area contributed by atoms with Gasteiger partial charge in [0, 0.05) is 11.3 Å². The number of para-hydroxylation sites is 1. The maximum absolute atomic E-state index is 5.68. The van der Waals surface area contributed by atoms with Crippen molar-refractivity contribution >= 4 is 28.2 Å². The van der Waals surface area contributed by atoms with Gasteiger partial charge in [0.25, 0.3) is 0 Å². The molecule has 2 aromatic heterocycles. The topological polar surface area (TPSA) is 69.6 Å². The SMILES string of the molecule is Cc1cc(C(N)=S)cc(-n2nnc3ccccc32)n1. The molecular weight excluding hydrogens is 258 g/mol. The van der Waals surface area contributed by atoms with Crippen molar-refractivity contribution in [2.45, 2.75) is 6.92 Å². The smallest absolute Gasteiger partial charge is 0.156 e. The molecule has 6 heteroatoms. The van der Waals surface area contributed by atoms with Gasteiger partial charge in [0.05, 0.1) is 5.52 Å². The molecule has 0 bridgehead atoms. The van der Waals surface area contributed by atoms with E-state index >= 15 is 0 Å². The van der Waals surface area contributed by atoms with Crippen LogP contribution in [0.25, 0.3) is 16.9 Å². The van der Waals surface area contributed by atoms with Crippen molar-refractivity contribution in [3.63, 3.8) is 0 Å². The molecule has 0 fully saturated rings. The Labute approximate surface area is 115 Å². The van der Waals surface area contributed by atoms with Gasteiger partial charge in [0.15, 0.2) is 5.82 Å². The summed E-state index contributed by atoms with van der Waals surface area (Å²) in [5.41, 5.74) is 9.00. The first kappa shape index (κ1) is 11.7. The van der Waals surface area contributed by atoms with E-state index in [2.05, 4.69) is 15.3 Å². The number of hydrogen-bond acceptors (Lipinski definition) is 4. The van der Waals surface area contributed by atoms with Crippen LogP contribution in [0.4, 0.5) is 0 Å². The molecule has 0 spiro atoms. The van der Waals surface area contributed by atoms with Gasteiger partial charge in [0.2, 0.25) is 0 Å². The number of aryl methyl sites for hydroxylation is 1. The van der Waals surface area contributed by atoms with Crippen molar-refractivity contribution in [2.75, 3.05) is 0 Å². The summed E-state index contributed by atoms with van der Waals surface area (Å²) in [6.07, 6.45) is 0. The Balaban J connectivity index is 2.24. The van der Waals surface area contributed by atoms with Gasteiger partial charge in [-0.3, -0.25) is 0 Å². The molecule has 0 unspecified atom stereocenters. The molecule has 19 heavy (non-hydrogen) atoms. The Morgan fingerprint density at radius 2 is 2.05 bits per heavy atom. The molecule has 94 valence electrons. The van der Waals surface area contributed by atoms with Crippen molar-refractivity contribution in [1.82, 2.24) is 20.0 Å². The first-order valence-corrected chi connectivity index (χ1v) is 6.15. The minimum atomic E-state index is 0.344. The number of fused-ring (bicyclic) bond motifs is 1. The fourth-order valence-electron chi connectivity index (χ4n) is 1.94. The Bertz CT molecular complexity index is 778. The van der Waals surface area contributed by atoms with Crippen LogP contribution in [0.15, 0.2) is 36.4 Å². The lowest BCUT2D eigenvalue weighted by Crippen LogP contribution is -2.12. The minimum Gasteiger partial charge on any atom is -0.389 e. The van der Waals surface area contributed by atoms with Crippen LogP contribution >= 0.6 is 12.2 Å². The number of thiocarbonyl (C=S) groups is 1. The molecule has 2 heterocycles. The predicted octanol–water partition coefficient (Wildman–Crippen LogP) is 1.76. The van der Waals surface area contributed by atoms with Crippen LogP contribution in [0.1, 0.15) is 11.3 Å². The zero-order chi connectivity index (χ0) is 13.4. The summed E-state index contributed by atoms with van der Waals surface area (Å²) in [6.45, 7) is 1.89. The summed E-state index contributed by atoms with van der Waals surface area (Å²) >= 11 is 5.01. The minimum absolute atomic E-state index is 0.344. The lowest BCUT2D eigenvalue weighted by molar-refractivity contribution is 0.797. The Kier molecular flexibility index (Phi) is 2.72. The summed E-state index contributed by atoms with van der Waals surface area (Å²) in [5, 5.41) is 8.24. The van der Waals surface area contributed by atoms with E-state index in [9.17, 15) is 0 Å². The highest BCUT2D eigenvalue weighted by molar-refractivity contribution is 7.80. The summed E-state index contributed by atoms with van der Waals surface area (Å²) in [6, 6.07) is 11.4. The standard InChI is InChI=1S/C13H11N5S/c1-8-6-9(13(14)19)7-12(15-8)18-11-5-3-2-4-10(11)16-17-18/h2-7H,1H3,(H2,14,19). The molecule has 0 atom stereocenters. The largest absolute Gasteiger partial charge is 0.389 e. The van der Waals surface area contributed by atoms with Crippen LogP contribution < -0.4 is 5.73 Å². The quantitative estimate of drug-likeness (QED) is 0.718. The molecule has 0 radical (unpaired) electrons. The third-order valence-corrected chi connectivity index (χ3v) is 3.03. The Morgan fingerprint density at radius 1 is 1.26 bits per heavy atom. The van der Waals surface area contributed by atoms with Crippen molar-refractivity contribution in [3.8, 4) is 5.82 Å². The van der Waals surface area contributed by atoms with Crippen LogP contribution in [0, 0.1) is 6.92 Å². The van der Waals surface area contributed by atoms with Gasteiger partial charge in [0.1, 0.15) is 10.5 Å². The normalized spacial score (nSPS) is 10.8. The molecule has 3 aromatic rings. The molecular formula is C13H11N5S. The van der Waals surface area contributed by atoms with Gasteiger partial charge in [-0.2, -0.15) is 4.68 Å².